The lowest BCUT2D eigenvalue weighted by molar-refractivity contribution is -0.794. The van der Waals surface area contributed by atoms with Gasteiger partial charge in [0.2, 0.25) is 11.2 Å². The number of alkyl halides is 3. The Labute approximate surface area is 192 Å². The Balaban J connectivity index is 1.44. The molecule has 0 bridgehead atoms. The van der Waals surface area contributed by atoms with Crippen LogP contribution in [-0.2, 0) is 17.4 Å². The molecule has 0 spiro atoms. The van der Waals surface area contributed by atoms with Crippen LogP contribution in [0, 0.1) is 0 Å². The van der Waals surface area contributed by atoms with Gasteiger partial charge in [-0.1, -0.05) is 30.3 Å². The molecule has 3 aromatic rings. The van der Waals surface area contributed by atoms with Crippen molar-refractivity contribution in [3.63, 3.8) is 0 Å². The molecule has 0 aliphatic heterocycles. The standard InChI is InChI=1S/C22H21F3N6O3/c23-22(24,25)14-7-16(27-19(32)6-13-4-2-1-3-5-13)11-17(8-14)28-21(33)29-20-12-31(30-34-20)18-9-15(26)10-18/h1-5,7-8,11-12,15,18H,6,9-10,26H2,(H2-,27,28,29,30,32,33)/p+1. The Morgan fingerprint density at radius 2 is 1.74 bits per heavy atom. The molecule has 2 aromatic carbocycles. The van der Waals surface area contributed by atoms with Gasteiger partial charge in [0, 0.05) is 30.3 Å². The van der Waals surface area contributed by atoms with Crippen LogP contribution in [0.25, 0.3) is 0 Å². The number of carbonyl (C=O) groups excluding carboxylic acids is 2. The second-order valence-electron chi connectivity index (χ2n) is 8.02. The van der Waals surface area contributed by atoms with Crippen LogP contribution < -0.4 is 26.4 Å². The first-order chi connectivity index (χ1) is 16.2. The highest BCUT2D eigenvalue weighted by Crippen LogP contribution is 2.33. The molecular weight excluding hydrogens is 453 g/mol. The maximum Gasteiger partial charge on any atom is 0.416 e. The van der Waals surface area contributed by atoms with E-state index in [2.05, 4.69) is 21.2 Å². The van der Waals surface area contributed by atoms with E-state index < -0.39 is 23.7 Å². The highest BCUT2D eigenvalue weighted by atomic mass is 19.4. The SMILES string of the molecule is NC1CC([n+]2cc(NC(=O)Nc3cc(NC(=O)Cc4ccccc4)cc(C(F)(F)F)c3)on2)C1. The van der Waals surface area contributed by atoms with Gasteiger partial charge in [0.1, 0.15) is 0 Å². The third-order valence-corrected chi connectivity index (χ3v) is 5.25. The minimum absolute atomic E-state index is 0.0151. The monoisotopic (exact) mass is 475 g/mol. The van der Waals surface area contributed by atoms with Crippen molar-refractivity contribution in [1.82, 2.24) is 5.27 Å². The number of anilines is 3. The number of aromatic nitrogens is 2. The summed E-state index contributed by atoms with van der Waals surface area (Å²) in [6.45, 7) is 0. The highest BCUT2D eigenvalue weighted by Gasteiger charge is 2.37. The van der Waals surface area contributed by atoms with Crippen molar-refractivity contribution < 1.29 is 32.0 Å². The van der Waals surface area contributed by atoms with Crippen molar-refractivity contribution in [3.8, 4) is 0 Å². The number of amides is 3. The van der Waals surface area contributed by atoms with Gasteiger partial charge in [-0.3, -0.25) is 14.6 Å². The van der Waals surface area contributed by atoms with E-state index in [1.807, 2.05) is 0 Å². The van der Waals surface area contributed by atoms with Gasteiger partial charge in [0.05, 0.1) is 12.0 Å². The van der Waals surface area contributed by atoms with Gasteiger partial charge in [-0.25, -0.2) is 4.79 Å². The molecule has 1 aromatic heterocycles. The summed E-state index contributed by atoms with van der Waals surface area (Å²) in [5, 5.41) is 11.0. The normalized spacial score (nSPS) is 17.5. The number of hydrogen-bond acceptors (Lipinski definition) is 5. The molecule has 0 saturated heterocycles. The largest absolute Gasteiger partial charge is 0.416 e. The Kier molecular flexibility index (Phi) is 6.50. The molecule has 4 rings (SSSR count). The fourth-order valence-electron chi connectivity index (χ4n) is 3.53. The molecule has 12 heteroatoms. The third-order valence-electron chi connectivity index (χ3n) is 5.25. The number of nitrogens with one attached hydrogen (secondary N) is 3. The van der Waals surface area contributed by atoms with Gasteiger partial charge in [-0.2, -0.15) is 13.2 Å². The zero-order chi connectivity index (χ0) is 24.3. The van der Waals surface area contributed by atoms with Crippen LogP contribution in [0.5, 0.6) is 0 Å². The molecule has 178 valence electrons. The van der Waals surface area contributed by atoms with Crippen molar-refractivity contribution in [2.24, 2.45) is 5.73 Å². The molecule has 5 N–H and O–H groups in total. The van der Waals surface area contributed by atoms with Crippen LogP contribution >= 0.6 is 0 Å². The second-order valence-corrected chi connectivity index (χ2v) is 8.02. The molecule has 0 atom stereocenters. The number of hydrogen-bond donors (Lipinski definition) is 4. The first-order valence-corrected chi connectivity index (χ1v) is 10.4. The first kappa shape index (κ1) is 23.2. The Hall–Kier alpha value is -3.93. The predicted octanol–water partition coefficient (Wildman–Crippen LogP) is 3.47. The molecule has 34 heavy (non-hydrogen) atoms. The van der Waals surface area contributed by atoms with Crippen LogP contribution in [0.4, 0.5) is 35.2 Å². The lowest BCUT2D eigenvalue weighted by atomic mass is 9.88. The Morgan fingerprint density at radius 3 is 2.38 bits per heavy atom. The van der Waals surface area contributed by atoms with Crippen molar-refractivity contribution in [1.29, 1.82) is 0 Å². The molecule has 3 amide bonds. The van der Waals surface area contributed by atoms with Gasteiger partial charge in [-0.05, 0) is 28.4 Å². The number of nitrogens with two attached hydrogens (primary N) is 1. The topological polar surface area (TPSA) is 126 Å². The van der Waals surface area contributed by atoms with E-state index >= 15 is 0 Å². The Morgan fingerprint density at radius 1 is 1.06 bits per heavy atom. The summed E-state index contributed by atoms with van der Waals surface area (Å²) in [7, 11) is 0. The van der Waals surface area contributed by atoms with Crippen LogP contribution in [0.1, 0.15) is 30.0 Å². The molecule has 1 saturated carbocycles. The van der Waals surface area contributed by atoms with E-state index in [0.717, 1.165) is 25.0 Å². The van der Waals surface area contributed by atoms with Crippen molar-refractivity contribution >= 4 is 29.2 Å². The fraction of sp³-hybridized carbons (Fsp3) is 0.273. The molecule has 0 unspecified atom stereocenters. The van der Waals surface area contributed by atoms with Crippen molar-refractivity contribution in [3.05, 3.63) is 65.9 Å². The van der Waals surface area contributed by atoms with Crippen LogP contribution in [0.3, 0.4) is 0 Å². The van der Waals surface area contributed by atoms with E-state index in [0.29, 0.717) is 5.56 Å². The number of rotatable bonds is 6. The van der Waals surface area contributed by atoms with E-state index in [-0.39, 0.29) is 35.8 Å². The zero-order valence-corrected chi connectivity index (χ0v) is 17.8. The molecular formula is C22H22F3N6O3+. The van der Waals surface area contributed by atoms with Gasteiger partial charge in [0.15, 0.2) is 6.04 Å². The molecule has 0 radical (unpaired) electrons. The fourth-order valence-corrected chi connectivity index (χ4v) is 3.53. The lowest BCUT2D eigenvalue weighted by Gasteiger charge is -2.24. The second kappa shape index (κ2) is 9.51. The predicted molar refractivity (Wildman–Crippen MR) is 116 cm³/mol. The van der Waals surface area contributed by atoms with Gasteiger partial charge >= 0.3 is 18.1 Å². The van der Waals surface area contributed by atoms with E-state index in [1.54, 1.807) is 30.3 Å². The molecule has 1 fully saturated rings. The van der Waals surface area contributed by atoms with Crippen LogP contribution in [0.15, 0.2) is 59.3 Å². The summed E-state index contributed by atoms with van der Waals surface area (Å²) in [4.78, 5) is 24.6. The highest BCUT2D eigenvalue weighted by molar-refractivity contribution is 6.00. The first-order valence-electron chi connectivity index (χ1n) is 10.4. The lowest BCUT2D eigenvalue weighted by Crippen LogP contribution is -2.52. The summed E-state index contributed by atoms with van der Waals surface area (Å²) >= 11 is 0. The number of halogens is 3. The molecule has 1 heterocycles. The number of nitrogens with zero attached hydrogens (tertiary/aromatic N) is 2. The zero-order valence-electron chi connectivity index (χ0n) is 17.8. The van der Waals surface area contributed by atoms with Crippen LogP contribution in [-0.4, -0.2) is 23.3 Å². The van der Waals surface area contributed by atoms with E-state index in [4.69, 9.17) is 10.3 Å². The summed E-state index contributed by atoms with van der Waals surface area (Å²) in [6.07, 6.45) is -1.78. The van der Waals surface area contributed by atoms with Crippen LogP contribution in [0.2, 0.25) is 0 Å². The molecule has 1 aliphatic rings. The Bertz CT molecular complexity index is 1180. The van der Waals surface area contributed by atoms with Crippen molar-refractivity contribution in [2.75, 3.05) is 16.0 Å². The average molecular weight is 475 g/mol. The smallest absolute Gasteiger partial charge is 0.327 e. The van der Waals surface area contributed by atoms with E-state index in [1.165, 1.54) is 16.9 Å². The third kappa shape index (κ3) is 5.90. The number of benzene rings is 2. The maximum atomic E-state index is 13.4. The molecule has 9 nitrogen and oxygen atoms in total. The molecule has 1 aliphatic carbocycles. The summed E-state index contributed by atoms with van der Waals surface area (Å²) in [5.74, 6) is -0.482. The summed E-state index contributed by atoms with van der Waals surface area (Å²) in [5.41, 5.74) is 5.15. The average Bonchev–Trinajstić information content (AvgIpc) is 3.19. The van der Waals surface area contributed by atoms with Gasteiger partial charge in [0.25, 0.3) is 6.20 Å². The minimum Gasteiger partial charge on any atom is -0.327 e. The van der Waals surface area contributed by atoms with Gasteiger partial charge in [-0.15, -0.1) is 0 Å². The van der Waals surface area contributed by atoms with Gasteiger partial charge < -0.3 is 16.4 Å². The summed E-state index contributed by atoms with van der Waals surface area (Å²) in [6, 6.07) is 10.9. The van der Waals surface area contributed by atoms with Crippen molar-refractivity contribution in [2.45, 2.75) is 37.5 Å². The maximum absolute atomic E-state index is 13.4. The minimum atomic E-state index is -4.69. The number of urea groups is 1. The number of carbonyl (C=O) groups is 2. The van der Waals surface area contributed by atoms with E-state index in [9.17, 15) is 22.8 Å². The quantitative estimate of drug-likeness (QED) is 0.406. The summed E-state index contributed by atoms with van der Waals surface area (Å²) < 4.78 is 46.7.